The maximum absolute atomic E-state index is 11.7. The monoisotopic (exact) mass is 247 g/mol. The molecule has 0 fully saturated rings. The van der Waals surface area contributed by atoms with Gasteiger partial charge >= 0.3 is 0 Å². The summed E-state index contributed by atoms with van der Waals surface area (Å²) in [6.07, 6.45) is 2.85. The van der Waals surface area contributed by atoms with Crippen LogP contribution in [0.4, 0.5) is 11.4 Å². The summed E-state index contributed by atoms with van der Waals surface area (Å²) >= 11 is 0. The highest BCUT2D eigenvalue weighted by molar-refractivity contribution is 5.91. The summed E-state index contributed by atoms with van der Waals surface area (Å²) in [5, 5.41) is 6.55. The zero-order valence-electron chi connectivity index (χ0n) is 9.83. The lowest BCUT2D eigenvalue weighted by Crippen LogP contribution is -2.19. The number of carbonyl (C=O) groups is 1. The van der Waals surface area contributed by atoms with Crippen molar-refractivity contribution in [1.82, 2.24) is 14.8 Å². The lowest BCUT2D eigenvalue weighted by Gasteiger charge is -2.08. The minimum absolute atomic E-state index is 0.103. The first kappa shape index (κ1) is 11.9. The van der Waals surface area contributed by atoms with Crippen LogP contribution in [0.1, 0.15) is 0 Å². The number of nitrogens with zero attached hydrogens (tertiary/aromatic N) is 3. The van der Waals surface area contributed by atoms with Gasteiger partial charge in [-0.2, -0.15) is 5.10 Å². The van der Waals surface area contributed by atoms with E-state index in [1.165, 1.54) is 24.4 Å². The Bertz CT molecular complexity index is 538. The molecule has 1 heterocycles. The van der Waals surface area contributed by atoms with Crippen LogP contribution < -0.4 is 15.8 Å². The van der Waals surface area contributed by atoms with Gasteiger partial charge in [0.15, 0.2) is 0 Å². The molecule has 0 aliphatic heterocycles. The van der Waals surface area contributed by atoms with Crippen LogP contribution in [0.3, 0.4) is 0 Å². The van der Waals surface area contributed by atoms with Crippen LogP contribution in [-0.4, -0.2) is 27.8 Å². The normalized spacial score (nSPS) is 10.1. The molecule has 0 atom stereocenters. The molecular weight excluding hydrogens is 234 g/mol. The Morgan fingerprint density at radius 2 is 2.39 bits per heavy atom. The van der Waals surface area contributed by atoms with E-state index in [1.807, 2.05) is 0 Å². The van der Waals surface area contributed by atoms with Gasteiger partial charge in [-0.1, -0.05) is 0 Å². The van der Waals surface area contributed by atoms with E-state index < -0.39 is 0 Å². The van der Waals surface area contributed by atoms with E-state index in [0.717, 1.165) is 0 Å². The standard InChI is InChI=1S/C11H13N5O2/c1-18-10-3-2-8(4-9(10)12)15-11(17)5-16-7-13-6-14-16/h2-4,6-7H,5,12H2,1H3,(H,15,17). The first-order valence-electron chi connectivity index (χ1n) is 5.25. The topological polar surface area (TPSA) is 95.1 Å². The SMILES string of the molecule is COc1ccc(NC(=O)Cn2cncn2)cc1N. The number of nitrogens with one attached hydrogen (secondary N) is 1. The predicted molar refractivity (Wildman–Crippen MR) is 66.1 cm³/mol. The van der Waals surface area contributed by atoms with E-state index in [9.17, 15) is 4.79 Å². The van der Waals surface area contributed by atoms with Crippen molar-refractivity contribution in [2.45, 2.75) is 6.54 Å². The lowest BCUT2D eigenvalue weighted by atomic mass is 10.2. The maximum atomic E-state index is 11.7. The molecule has 7 heteroatoms. The fraction of sp³-hybridized carbons (Fsp3) is 0.182. The molecular formula is C11H13N5O2. The highest BCUT2D eigenvalue weighted by Crippen LogP contribution is 2.24. The Balaban J connectivity index is 2.01. The molecule has 0 aliphatic carbocycles. The molecule has 7 nitrogen and oxygen atoms in total. The number of nitrogens with two attached hydrogens (primary N) is 1. The number of aromatic nitrogens is 3. The second-order valence-electron chi connectivity index (χ2n) is 3.60. The number of hydrogen-bond donors (Lipinski definition) is 2. The molecule has 0 bridgehead atoms. The molecule has 2 aromatic rings. The van der Waals surface area contributed by atoms with E-state index in [2.05, 4.69) is 15.4 Å². The van der Waals surface area contributed by atoms with Crippen LogP contribution in [0, 0.1) is 0 Å². The Hall–Kier alpha value is -2.57. The Morgan fingerprint density at radius 3 is 3.00 bits per heavy atom. The number of rotatable bonds is 4. The fourth-order valence-electron chi connectivity index (χ4n) is 1.47. The van der Waals surface area contributed by atoms with Crippen molar-refractivity contribution >= 4 is 17.3 Å². The second-order valence-corrected chi connectivity index (χ2v) is 3.60. The van der Waals surface area contributed by atoms with Crippen molar-refractivity contribution in [1.29, 1.82) is 0 Å². The van der Waals surface area contributed by atoms with E-state index in [-0.39, 0.29) is 12.5 Å². The van der Waals surface area contributed by atoms with Gasteiger partial charge in [-0.05, 0) is 18.2 Å². The molecule has 94 valence electrons. The zero-order valence-corrected chi connectivity index (χ0v) is 9.83. The summed E-state index contributed by atoms with van der Waals surface area (Å²) in [5.74, 6) is 0.370. The average molecular weight is 247 g/mol. The van der Waals surface area contributed by atoms with E-state index in [1.54, 1.807) is 18.2 Å². The number of anilines is 2. The Kier molecular flexibility index (Phi) is 3.42. The third-order valence-corrected chi connectivity index (χ3v) is 2.29. The molecule has 1 aromatic carbocycles. The number of methoxy groups -OCH3 is 1. The van der Waals surface area contributed by atoms with Gasteiger partial charge in [0.1, 0.15) is 24.9 Å². The van der Waals surface area contributed by atoms with Crippen molar-refractivity contribution in [3.63, 3.8) is 0 Å². The van der Waals surface area contributed by atoms with Crippen molar-refractivity contribution < 1.29 is 9.53 Å². The highest BCUT2D eigenvalue weighted by Gasteiger charge is 2.06. The van der Waals surface area contributed by atoms with Crippen molar-refractivity contribution in [2.24, 2.45) is 0 Å². The maximum Gasteiger partial charge on any atom is 0.246 e. The Labute approximate surface area is 104 Å². The summed E-state index contributed by atoms with van der Waals surface area (Å²) in [6.45, 7) is 0.103. The lowest BCUT2D eigenvalue weighted by molar-refractivity contribution is -0.116. The summed E-state index contributed by atoms with van der Waals surface area (Å²) in [6, 6.07) is 5.05. The smallest absolute Gasteiger partial charge is 0.246 e. The summed E-state index contributed by atoms with van der Waals surface area (Å²) in [7, 11) is 1.54. The van der Waals surface area contributed by atoms with Crippen LogP contribution in [0.5, 0.6) is 5.75 Å². The van der Waals surface area contributed by atoms with Crippen LogP contribution in [0.15, 0.2) is 30.9 Å². The number of amides is 1. The molecule has 0 radical (unpaired) electrons. The van der Waals surface area contributed by atoms with Crippen LogP contribution in [-0.2, 0) is 11.3 Å². The minimum atomic E-state index is -0.204. The average Bonchev–Trinajstić information content (AvgIpc) is 2.82. The molecule has 1 amide bonds. The minimum Gasteiger partial charge on any atom is -0.495 e. The van der Waals surface area contributed by atoms with Gasteiger partial charge in [0.25, 0.3) is 0 Å². The fourth-order valence-corrected chi connectivity index (χ4v) is 1.47. The number of benzene rings is 1. The van der Waals surface area contributed by atoms with E-state index >= 15 is 0 Å². The molecule has 18 heavy (non-hydrogen) atoms. The summed E-state index contributed by atoms with van der Waals surface area (Å²) < 4.78 is 6.46. The third-order valence-electron chi connectivity index (χ3n) is 2.29. The van der Waals surface area contributed by atoms with Crippen molar-refractivity contribution in [3.05, 3.63) is 30.9 Å². The van der Waals surface area contributed by atoms with Crippen LogP contribution in [0.2, 0.25) is 0 Å². The molecule has 0 saturated carbocycles. The molecule has 0 unspecified atom stereocenters. The van der Waals surface area contributed by atoms with Gasteiger partial charge in [-0.3, -0.25) is 4.79 Å². The Morgan fingerprint density at radius 1 is 1.56 bits per heavy atom. The van der Waals surface area contributed by atoms with Gasteiger partial charge in [0.2, 0.25) is 5.91 Å². The van der Waals surface area contributed by atoms with Gasteiger partial charge in [-0.25, -0.2) is 9.67 Å². The van der Waals surface area contributed by atoms with Crippen LogP contribution >= 0.6 is 0 Å². The molecule has 0 spiro atoms. The van der Waals surface area contributed by atoms with Gasteiger partial charge in [0.05, 0.1) is 12.8 Å². The predicted octanol–water partition coefficient (Wildman–Crippen LogP) is 0.508. The number of ether oxygens (including phenoxy) is 1. The van der Waals surface area contributed by atoms with Gasteiger partial charge in [-0.15, -0.1) is 0 Å². The highest BCUT2D eigenvalue weighted by atomic mass is 16.5. The van der Waals surface area contributed by atoms with Crippen LogP contribution in [0.25, 0.3) is 0 Å². The zero-order chi connectivity index (χ0) is 13.0. The number of nitrogen functional groups attached to an aromatic ring is 1. The number of carbonyl (C=O) groups excluding carboxylic acids is 1. The quantitative estimate of drug-likeness (QED) is 0.767. The van der Waals surface area contributed by atoms with E-state index in [4.69, 9.17) is 10.5 Å². The van der Waals surface area contributed by atoms with Gasteiger partial charge < -0.3 is 15.8 Å². The van der Waals surface area contributed by atoms with Crippen molar-refractivity contribution in [2.75, 3.05) is 18.2 Å². The molecule has 0 saturated heterocycles. The largest absolute Gasteiger partial charge is 0.495 e. The first-order chi connectivity index (χ1) is 8.69. The van der Waals surface area contributed by atoms with Crippen molar-refractivity contribution in [3.8, 4) is 5.75 Å². The summed E-state index contributed by atoms with van der Waals surface area (Å²) in [4.78, 5) is 15.4. The molecule has 0 aliphatic rings. The molecule has 3 N–H and O–H groups in total. The number of hydrogen-bond acceptors (Lipinski definition) is 5. The third kappa shape index (κ3) is 2.76. The molecule has 2 rings (SSSR count). The van der Waals surface area contributed by atoms with Gasteiger partial charge in [0, 0.05) is 5.69 Å². The second kappa shape index (κ2) is 5.17. The summed E-state index contributed by atoms with van der Waals surface area (Å²) in [5.41, 5.74) is 6.82. The first-order valence-corrected chi connectivity index (χ1v) is 5.25. The van der Waals surface area contributed by atoms with E-state index in [0.29, 0.717) is 17.1 Å². The molecule has 1 aromatic heterocycles.